The topological polar surface area (TPSA) is 46.3 Å². The Balaban J connectivity index is 1.62. The van der Waals surface area contributed by atoms with E-state index in [1.165, 1.54) is 11.1 Å². The second-order valence-electron chi connectivity index (χ2n) is 5.96. The van der Waals surface area contributed by atoms with Gasteiger partial charge in [0.1, 0.15) is 0 Å². The van der Waals surface area contributed by atoms with Crippen molar-refractivity contribution in [2.75, 3.05) is 13.1 Å². The smallest absolute Gasteiger partial charge is 0.226 e. The molecule has 2 N–H and O–H groups in total. The first-order valence-corrected chi connectivity index (χ1v) is 7.90. The number of carbonyl (C=O) groups is 1. The van der Waals surface area contributed by atoms with Crippen LogP contribution in [0.3, 0.4) is 0 Å². The highest BCUT2D eigenvalue weighted by atomic mass is 16.2. The van der Waals surface area contributed by atoms with E-state index in [1.807, 2.05) is 23.1 Å². The lowest BCUT2D eigenvalue weighted by molar-refractivity contribution is -0.131. The normalized spacial score (nSPS) is 15.8. The van der Waals surface area contributed by atoms with Crippen molar-refractivity contribution in [1.29, 1.82) is 0 Å². The number of rotatable bonds is 3. The van der Waals surface area contributed by atoms with Gasteiger partial charge in [-0.15, -0.1) is 0 Å². The maximum atomic E-state index is 12.3. The third-order valence-electron chi connectivity index (χ3n) is 4.31. The molecule has 0 spiro atoms. The van der Waals surface area contributed by atoms with Gasteiger partial charge < -0.3 is 10.6 Å². The maximum absolute atomic E-state index is 12.3. The average molecular weight is 294 g/mol. The lowest BCUT2D eigenvalue weighted by atomic mass is 10.0. The Kier molecular flexibility index (Phi) is 4.54. The largest absolute Gasteiger partial charge is 0.342 e. The number of likely N-dealkylation sites (tertiary alicyclic amines) is 1. The molecule has 0 atom stereocenters. The molecule has 1 saturated heterocycles. The Hall–Kier alpha value is -2.13. The molecule has 0 radical (unpaired) electrons. The van der Waals surface area contributed by atoms with Crippen LogP contribution in [0.5, 0.6) is 0 Å². The van der Waals surface area contributed by atoms with Gasteiger partial charge in [0.05, 0.1) is 6.42 Å². The van der Waals surface area contributed by atoms with Gasteiger partial charge in [-0.3, -0.25) is 4.79 Å². The highest BCUT2D eigenvalue weighted by Crippen LogP contribution is 2.20. The number of hydrogen-bond acceptors (Lipinski definition) is 2. The zero-order valence-electron chi connectivity index (χ0n) is 12.7. The monoisotopic (exact) mass is 294 g/mol. The summed E-state index contributed by atoms with van der Waals surface area (Å²) >= 11 is 0. The van der Waals surface area contributed by atoms with Crippen LogP contribution in [0.15, 0.2) is 54.6 Å². The third-order valence-corrected chi connectivity index (χ3v) is 4.31. The third kappa shape index (κ3) is 3.55. The van der Waals surface area contributed by atoms with E-state index in [2.05, 4.69) is 36.4 Å². The van der Waals surface area contributed by atoms with Crippen LogP contribution in [0.1, 0.15) is 18.4 Å². The number of benzene rings is 2. The molecule has 1 aliphatic heterocycles. The van der Waals surface area contributed by atoms with Crippen LogP contribution >= 0.6 is 0 Å². The van der Waals surface area contributed by atoms with E-state index in [9.17, 15) is 4.79 Å². The number of carbonyl (C=O) groups excluding carboxylic acids is 1. The fourth-order valence-electron chi connectivity index (χ4n) is 2.88. The van der Waals surface area contributed by atoms with Gasteiger partial charge >= 0.3 is 0 Å². The van der Waals surface area contributed by atoms with Gasteiger partial charge in [0.15, 0.2) is 0 Å². The average Bonchev–Trinajstić information content (AvgIpc) is 2.57. The molecule has 1 amide bonds. The first-order valence-electron chi connectivity index (χ1n) is 7.90. The standard InChI is InChI=1S/C19H22N2O/c20-18-10-12-21(13-11-18)19(22)14-15-6-8-17(9-7-15)16-4-2-1-3-5-16/h1-9,18H,10-14,20H2. The number of piperidine rings is 1. The van der Waals surface area contributed by atoms with Crippen molar-refractivity contribution in [3.63, 3.8) is 0 Å². The van der Waals surface area contributed by atoms with Crippen molar-refractivity contribution in [3.05, 3.63) is 60.2 Å². The maximum Gasteiger partial charge on any atom is 0.226 e. The van der Waals surface area contributed by atoms with Crippen LogP contribution < -0.4 is 5.73 Å². The minimum absolute atomic E-state index is 0.208. The molecule has 0 unspecified atom stereocenters. The molecule has 3 rings (SSSR count). The Morgan fingerprint density at radius 2 is 1.55 bits per heavy atom. The molecule has 0 bridgehead atoms. The van der Waals surface area contributed by atoms with Gasteiger partial charge in [-0.25, -0.2) is 0 Å². The molecule has 1 aliphatic rings. The first-order chi connectivity index (χ1) is 10.7. The molecule has 1 fully saturated rings. The summed E-state index contributed by atoms with van der Waals surface area (Å²) in [5, 5.41) is 0. The Morgan fingerprint density at radius 3 is 2.18 bits per heavy atom. The van der Waals surface area contributed by atoms with Crippen LogP contribution in [-0.4, -0.2) is 29.9 Å². The highest BCUT2D eigenvalue weighted by molar-refractivity contribution is 5.79. The predicted molar refractivity (Wildman–Crippen MR) is 89.4 cm³/mol. The van der Waals surface area contributed by atoms with Crippen molar-refractivity contribution in [3.8, 4) is 11.1 Å². The molecule has 0 aliphatic carbocycles. The molecule has 22 heavy (non-hydrogen) atoms. The summed E-state index contributed by atoms with van der Waals surface area (Å²) in [5.41, 5.74) is 9.33. The molecule has 3 heteroatoms. The summed E-state index contributed by atoms with van der Waals surface area (Å²) in [4.78, 5) is 14.3. The lowest BCUT2D eigenvalue weighted by Gasteiger charge is -2.30. The van der Waals surface area contributed by atoms with Gasteiger partial charge in [-0.2, -0.15) is 0 Å². The number of nitrogens with two attached hydrogens (primary N) is 1. The second kappa shape index (κ2) is 6.75. The van der Waals surface area contributed by atoms with Crippen molar-refractivity contribution in [2.24, 2.45) is 5.73 Å². The SMILES string of the molecule is NC1CCN(C(=O)Cc2ccc(-c3ccccc3)cc2)CC1. The van der Waals surface area contributed by atoms with Crippen molar-refractivity contribution in [2.45, 2.75) is 25.3 Å². The van der Waals surface area contributed by atoms with Crippen molar-refractivity contribution < 1.29 is 4.79 Å². The second-order valence-corrected chi connectivity index (χ2v) is 5.96. The van der Waals surface area contributed by atoms with E-state index in [1.54, 1.807) is 0 Å². The first kappa shape index (κ1) is 14.8. The minimum Gasteiger partial charge on any atom is -0.342 e. The van der Waals surface area contributed by atoms with E-state index in [0.29, 0.717) is 6.42 Å². The highest BCUT2D eigenvalue weighted by Gasteiger charge is 2.20. The molecule has 114 valence electrons. The zero-order chi connectivity index (χ0) is 15.4. The minimum atomic E-state index is 0.208. The molecular formula is C19H22N2O. The number of hydrogen-bond donors (Lipinski definition) is 1. The summed E-state index contributed by atoms with van der Waals surface area (Å²) in [6, 6.07) is 18.8. The van der Waals surface area contributed by atoms with E-state index in [0.717, 1.165) is 31.5 Å². The van der Waals surface area contributed by atoms with E-state index in [4.69, 9.17) is 5.73 Å². The van der Waals surface area contributed by atoms with E-state index in [-0.39, 0.29) is 11.9 Å². The molecule has 3 nitrogen and oxygen atoms in total. The van der Waals surface area contributed by atoms with Gasteiger partial charge in [-0.05, 0) is 29.5 Å². The van der Waals surface area contributed by atoms with Crippen LogP contribution in [0, 0.1) is 0 Å². The number of nitrogens with zero attached hydrogens (tertiary/aromatic N) is 1. The molecule has 0 saturated carbocycles. The van der Waals surface area contributed by atoms with E-state index < -0.39 is 0 Å². The van der Waals surface area contributed by atoms with Gasteiger partial charge in [0.2, 0.25) is 5.91 Å². The summed E-state index contributed by atoms with van der Waals surface area (Å²) in [6.07, 6.45) is 2.31. The summed E-state index contributed by atoms with van der Waals surface area (Å²) < 4.78 is 0. The molecule has 2 aromatic carbocycles. The van der Waals surface area contributed by atoms with Gasteiger partial charge in [-0.1, -0.05) is 54.6 Å². The van der Waals surface area contributed by atoms with Crippen LogP contribution in [0.4, 0.5) is 0 Å². The van der Waals surface area contributed by atoms with E-state index >= 15 is 0 Å². The molecule has 2 aromatic rings. The lowest BCUT2D eigenvalue weighted by Crippen LogP contribution is -2.43. The fraction of sp³-hybridized carbons (Fsp3) is 0.316. The van der Waals surface area contributed by atoms with Gasteiger partial charge in [0, 0.05) is 19.1 Å². The summed E-state index contributed by atoms with van der Waals surface area (Å²) in [7, 11) is 0. The Bertz CT molecular complexity index is 614. The Labute approximate surface area is 131 Å². The fourth-order valence-corrected chi connectivity index (χ4v) is 2.88. The van der Waals surface area contributed by atoms with Crippen molar-refractivity contribution >= 4 is 5.91 Å². The van der Waals surface area contributed by atoms with Gasteiger partial charge in [0.25, 0.3) is 0 Å². The quantitative estimate of drug-likeness (QED) is 0.946. The van der Waals surface area contributed by atoms with Crippen LogP contribution in [0.25, 0.3) is 11.1 Å². The molecular weight excluding hydrogens is 272 g/mol. The molecule has 0 aromatic heterocycles. The predicted octanol–water partition coefficient (Wildman–Crippen LogP) is 2.85. The summed E-state index contributed by atoms with van der Waals surface area (Å²) in [5.74, 6) is 0.208. The van der Waals surface area contributed by atoms with Crippen LogP contribution in [0.2, 0.25) is 0 Å². The summed E-state index contributed by atoms with van der Waals surface area (Å²) in [6.45, 7) is 1.59. The van der Waals surface area contributed by atoms with Crippen LogP contribution in [-0.2, 0) is 11.2 Å². The zero-order valence-corrected chi connectivity index (χ0v) is 12.7. The van der Waals surface area contributed by atoms with Crippen molar-refractivity contribution in [1.82, 2.24) is 4.90 Å². The molecule has 1 heterocycles. The number of amides is 1. The Morgan fingerprint density at radius 1 is 0.955 bits per heavy atom.